The number of benzene rings is 2. The number of anilines is 1. The summed E-state index contributed by atoms with van der Waals surface area (Å²) >= 11 is 0. The molecule has 2 N–H and O–H groups in total. The lowest BCUT2D eigenvalue weighted by Gasteiger charge is -2.08. The normalized spacial score (nSPS) is 11.9. The summed E-state index contributed by atoms with van der Waals surface area (Å²) in [6.45, 7) is 1.84. The molecule has 0 radical (unpaired) electrons. The number of rotatable bonds is 2. The van der Waals surface area contributed by atoms with Gasteiger partial charge in [0.2, 0.25) is 0 Å². The summed E-state index contributed by atoms with van der Waals surface area (Å²) in [4.78, 5) is -0.0397. The number of halogens is 1. The van der Waals surface area contributed by atoms with E-state index in [2.05, 4.69) is 0 Å². The molecule has 4 nitrogen and oxygen atoms in total. The predicted molar refractivity (Wildman–Crippen MR) is 80.1 cm³/mol. The second kappa shape index (κ2) is 4.60. The predicted octanol–water partition coefficient (Wildman–Crippen LogP) is 2.91. The average molecular weight is 304 g/mol. The lowest BCUT2D eigenvalue weighted by Crippen LogP contribution is -2.12. The van der Waals surface area contributed by atoms with Gasteiger partial charge in [-0.3, -0.25) is 0 Å². The fourth-order valence-electron chi connectivity index (χ4n) is 2.31. The quantitative estimate of drug-likeness (QED) is 0.740. The van der Waals surface area contributed by atoms with Crippen LogP contribution in [0.5, 0.6) is 0 Å². The van der Waals surface area contributed by atoms with Crippen molar-refractivity contribution in [1.29, 1.82) is 0 Å². The number of fused-ring (bicyclic) bond motifs is 1. The van der Waals surface area contributed by atoms with Crippen molar-refractivity contribution in [2.75, 3.05) is 5.73 Å². The molecular weight excluding hydrogens is 291 g/mol. The van der Waals surface area contributed by atoms with Crippen LogP contribution in [-0.2, 0) is 10.0 Å². The van der Waals surface area contributed by atoms with Crippen LogP contribution < -0.4 is 5.73 Å². The van der Waals surface area contributed by atoms with Crippen LogP contribution in [0, 0.1) is 12.7 Å². The Hall–Kier alpha value is -2.34. The molecule has 1 heterocycles. The van der Waals surface area contributed by atoms with Crippen LogP contribution in [0.4, 0.5) is 10.1 Å². The number of nitrogen functional groups attached to an aromatic ring is 1. The lowest BCUT2D eigenvalue weighted by atomic mass is 10.2. The summed E-state index contributed by atoms with van der Waals surface area (Å²) in [6, 6.07) is 10.6. The Morgan fingerprint density at radius 3 is 2.57 bits per heavy atom. The Labute approximate surface area is 121 Å². The van der Waals surface area contributed by atoms with Crippen LogP contribution >= 0.6 is 0 Å². The molecule has 0 unspecified atom stereocenters. The Kier molecular flexibility index (Phi) is 2.98. The number of hydrogen-bond donors (Lipinski definition) is 1. The fourth-order valence-corrected chi connectivity index (χ4v) is 3.77. The van der Waals surface area contributed by atoms with Crippen molar-refractivity contribution in [2.45, 2.75) is 11.8 Å². The van der Waals surface area contributed by atoms with E-state index in [0.717, 1.165) is 23.1 Å². The third kappa shape index (κ3) is 2.08. The van der Waals surface area contributed by atoms with Crippen molar-refractivity contribution in [3.8, 4) is 0 Å². The number of para-hydroxylation sites is 1. The molecule has 0 aliphatic carbocycles. The molecule has 0 atom stereocenters. The van der Waals surface area contributed by atoms with E-state index in [9.17, 15) is 12.8 Å². The number of aromatic nitrogens is 1. The topological polar surface area (TPSA) is 65.1 Å². The molecule has 3 aromatic rings. The molecular formula is C15H13FN2O2S. The van der Waals surface area contributed by atoms with Crippen LogP contribution in [0.2, 0.25) is 0 Å². The largest absolute Gasteiger partial charge is 0.396 e. The van der Waals surface area contributed by atoms with Crippen LogP contribution in [0.15, 0.2) is 53.6 Å². The first-order valence-electron chi connectivity index (χ1n) is 6.28. The van der Waals surface area contributed by atoms with E-state index in [0.29, 0.717) is 5.52 Å². The van der Waals surface area contributed by atoms with Crippen molar-refractivity contribution >= 4 is 26.6 Å². The molecule has 0 spiro atoms. The molecule has 0 saturated carbocycles. The van der Waals surface area contributed by atoms with Crippen LogP contribution in [-0.4, -0.2) is 12.4 Å². The van der Waals surface area contributed by atoms with Gasteiger partial charge in [0.1, 0.15) is 5.82 Å². The van der Waals surface area contributed by atoms with Gasteiger partial charge in [-0.15, -0.1) is 0 Å². The molecule has 0 aliphatic heterocycles. The summed E-state index contributed by atoms with van der Waals surface area (Å²) in [5.41, 5.74) is 6.71. The molecule has 2 aromatic carbocycles. The average Bonchev–Trinajstić information content (AvgIpc) is 2.80. The van der Waals surface area contributed by atoms with E-state index in [4.69, 9.17) is 5.73 Å². The van der Waals surface area contributed by atoms with Gasteiger partial charge in [0, 0.05) is 11.6 Å². The summed E-state index contributed by atoms with van der Waals surface area (Å²) in [5, 5.41) is 0.858. The van der Waals surface area contributed by atoms with Gasteiger partial charge in [-0.25, -0.2) is 16.8 Å². The molecule has 6 heteroatoms. The van der Waals surface area contributed by atoms with Gasteiger partial charge in [-0.2, -0.15) is 0 Å². The van der Waals surface area contributed by atoms with E-state index in [1.807, 2.05) is 19.1 Å². The SMILES string of the molecule is Cc1cn(S(=O)(=O)c2ccc(F)c(N)c2)c2ccccc12. The standard InChI is InChI=1S/C15H13FN2O2S/c1-10-9-18(15-5-3-2-4-12(10)15)21(19,20)11-6-7-13(16)14(17)8-11/h2-9H,17H2,1H3. The second-order valence-corrected chi connectivity index (χ2v) is 6.63. The monoisotopic (exact) mass is 304 g/mol. The smallest absolute Gasteiger partial charge is 0.268 e. The minimum atomic E-state index is -3.81. The lowest BCUT2D eigenvalue weighted by molar-refractivity contribution is 0.588. The van der Waals surface area contributed by atoms with Crippen LogP contribution in [0.1, 0.15) is 5.56 Å². The highest BCUT2D eigenvalue weighted by Gasteiger charge is 2.21. The molecule has 21 heavy (non-hydrogen) atoms. The fraction of sp³-hybridized carbons (Fsp3) is 0.0667. The van der Waals surface area contributed by atoms with E-state index >= 15 is 0 Å². The Balaban J connectivity index is 2.27. The van der Waals surface area contributed by atoms with E-state index in [-0.39, 0.29) is 10.6 Å². The third-order valence-electron chi connectivity index (χ3n) is 3.40. The van der Waals surface area contributed by atoms with E-state index < -0.39 is 15.8 Å². The van der Waals surface area contributed by atoms with Crippen molar-refractivity contribution in [3.63, 3.8) is 0 Å². The van der Waals surface area contributed by atoms with Crippen molar-refractivity contribution in [1.82, 2.24) is 3.97 Å². The molecule has 0 amide bonds. The minimum Gasteiger partial charge on any atom is -0.396 e. The van der Waals surface area contributed by atoms with Crippen LogP contribution in [0.25, 0.3) is 10.9 Å². The Morgan fingerprint density at radius 1 is 1.14 bits per heavy atom. The zero-order valence-electron chi connectivity index (χ0n) is 11.2. The first kappa shape index (κ1) is 13.6. The van der Waals surface area contributed by atoms with Crippen LogP contribution in [0.3, 0.4) is 0 Å². The summed E-state index contributed by atoms with van der Waals surface area (Å²) in [6.07, 6.45) is 1.56. The number of nitrogens with zero attached hydrogens (tertiary/aromatic N) is 1. The Bertz CT molecular complexity index is 945. The van der Waals surface area contributed by atoms with Crippen molar-refractivity contribution in [2.24, 2.45) is 0 Å². The third-order valence-corrected chi connectivity index (χ3v) is 5.07. The summed E-state index contributed by atoms with van der Waals surface area (Å²) in [7, 11) is -3.81. The highest BCUT2D eigenvalue weighted by molar-refractivity contribution is 7.90. The number of aryl methyl sites for hydroxylation is 1. The molecule has 0 bridgehead atoms. The highest BCUT2D eigenvalue weighted by atomic mass is 32.2. The number of hydrogen-bond acceptors (Lipinski definition) is 3. The summed E-state index contributed by atoms with van der Waals surface area (Å²) < 4.78 is 39.8. The zero-order chi connectivity index (χ0) is 15.2. The second-order valence-electron chi connectivity index (χ2n) is 4.81. The first-order chi connectivity index (χ1) is 9.91. The van der Waals surface area contributed by atoms with Gasteiger partial charge < -0.3 is 5.73 Å². The first-order valence-corrected chi connectivity index (χ1v) is 7.72. The molecule has 0 fully saturated rings. The molecule has 0 saturated heterocycles. The summed E-state index contributed by atoms with van der Waals surface area (Å²) in [5.74, 6) is -0.637. The molecule has 3 rings (SSSR count). The van der Waals surface area contributed by atoms with Gasteiger partial charge in [0.05, 0.1) is 16.1 Å². The minimum absolute atomic E-state index is 0.0397. The molecule has 108 valence electrons. The van der Waals surface area contributed by atoms with E-state index in [1.165, 1.54) is 10.0 Å². The van der Waals surface area contributed by atoms with Gasteiger partial charge in [0.25, 0.3) is 10.0 Å². The van der Waals surface area contributed by atoms with Crippen molar-refractivity contribution in [3.05, 3.63) is 60.0 Å². The zero-order valence-corrected chi connectivity index (χ0v) is 12.1. The van der Waals surface area contributed by atoms with Gasteiger partial charge in [-0.05, 0) is 36.8 Å². The number of nitrogens with two attached hydrogens (primary N) is 1. The maximum absolute atomic E-state index is 13.2. The van der Waals surface area contributed by atoms with Gasteiger partial charge >= 0.3 is 0 Å². The maximum Gasteiger partial charge on any atom is 0.268 e. The van der Waals surface area contributed by atoms with Gasteiger partial charge in [0.15, 0.2) is 0 Å². The van der Waals surface area contributed by atoms with Gasteiger partial charge in [-0.1, -0.05) is 18.2 Å². The molecule has 1 aromatic heterocycles. The highest BCUT2D eigenvalue weighted by Crippen LogP contribution is 2.26. The van der Waals surface area contributed by atoms with Crippen molar-refractivity contribution < 1.29 is 12.8 Å². The maximum atomic E-state index is 13.2. The van der Waals surface area contributed by atoms with E-state index in [1.54, 1.807) is 18.3 Å². The Morgan fingerprint density at radius 2 is 1.86 bits per heavy atom. The molecule has 0 aliphatic rings.